The Kier molecular flexibility index (Phi) is 7.51. The van der Waals surface area contributed by atoms with Crippen LogP contribution in [0.3, 0.4) is 0 Å². The molecule has 0 aliphatic heterocycles. The van der Waals surface area contributed by atoms with Crippen LogP contribution in [0.2, 0.25) is 0 Å². The molecule has 0 saturated carbocycles. The first-order chi connectivity index (χ1) is 16.5. The molecule has 4 rings (SSSR count). The number of ether oxygens (including phenoxy) is 2. The fourth-order valence-corrected chi connectivity index (χ4v) is 4.59. The minimum absolute atomic E-state index is 0.0469. The zero-order valence-electron chi connectivity index (χ0n) is 19.5. The number of aromatic nitrogens is 4. The number of hydrogen-bond donors (Lipinski definition) is 1. The number of pyridine rings is 1. The maximum atomic E-state index is 13.1. The third-order valence-corrected chi connectivity index (χ3v) is 6.64. The van der Waals surface area contributed by atoms with Crippen molar-refractivity contribution in [3.8, 4) is 21.7 Å². The molecule has 3 aromatic heterocycles. The molecule has 4 aromatic rings. The summed E-state index contributed by atoms with van der Waals surface area (Å²) in [6.45, 7) is 3.73. The number of rotatable bonds is 10. The number of methoxy groups -OCH3 is 2. The fraction of sp³-hybridized carbons (Fsp3) is 0.333. The van der Waals surface area contributed by atoms with Crippen molar-refractivity contribution in [3.05, 3.63) is 48.9 Å². The number of anilines is 1. The quantitative estimate of drug-likeness (QED) is 0.370. The van der Waals surface area contributed by atoms with E-state index in [0.717, 1.165) is 31.9 Å². The lowest BCUT2D eigenvalue weighted by molar-refractivity contribution is -0.135. The number of hydrogen-bond acceptors (Lipinski definition) is 8. The molecule has 0 spiro atoms. The zero-order chi connectivity index (χ0) is 24.1. The van der Waals surface area contributed by atoms with E-state index in [0.29, 0.717) is 32.1 Å². The van der Waals surface area contributed by atoms with Gasteiger partial charge in [-0.05, 0) is 25.1 Å². The highest BCUT2D eigenvalue weighted by Crippen LogP contribution is 2.35. The lowest BCUT2D eigenvalue weighted by atomic mass is 10.1. The van der Waals surface area contributed by atoms with Gasteiger partial charge in [0.05, 0.1) is 35.2 Å². The van der Waals surface area contributed by atoms with Crippen LogP contribution in [0.25, 0.3) is 31.9 Å². The van der Waals surface area contributed by atoms with Crippen molar-refractivity contribution < 1.29 is 14.3 Å². The Bertz CT molecular complexity index is 1230. The second-order valence-electron chi connectivity index (χ2n) is 7.84. The first kappa shape index (κ1) is 23.8. The molecule has 1 aromatic carbocycles. The van der Waals surface area contributed by atoms with Crippen LogP contribution in [-0.2, 0) is 14.3 Å². The van der Waals surface area contributed by atoms with E-state index in [-0.39, 0.29) is 5.91 Å². The summed E-state index contributed by atoms with van der Waals surface area (Å²) in [6, 6.07) is 9.46. The summed E-state index contributed by atoms with van der Waals surface area (Å²) in [4.78, 5) is 23.9. The van der Waals surface area contributed by atoms with Gasteiger partial charge in [-0.3, -0.25) is 9.48 Å². The van der Waals surface area contributed by atoms with Crippen LogP contribution in [-0.4, -0.2) is 71.1 Å². The van der Waals surface area contributed by atoms with Crippen molar-refractivity contribution in [2.24, 2.45) is 0 Å². The van der Waals surface area contributed by atoms with Gasteiger partial charge in [0.15, 0.2) is 0 Å². The molecule has 2 N–H and O–H groups in total. The smallest absolute Gasteiger partial charge is 0.247 e. The molecule has 1 unspecified atom stereocenters. The van der Waals surface area contributed by atoms with E-state index in [4.69, 9.17) is 20.2 Å². The van der Waals surface area contributed by atoms with E-state index in [1.165, 1.54) is 0 Å². The number of nitrogens with zero attached hydrogens (tertiary/aromatic N) is 5. The largest absolute Gasteiger partial charge is 0.383 e. The number of para-hydroxylation sites is 1. The average Bonchev–Trinajstić information content (AvgIpc) is 3.51. The fourth-order valence-electron chi connectivity index (χ4n) is 3.60. The molecule has 1 atom stereocenters. The first-order valence-electron chi connectivity index (χ1n) is 10.9. The summed E-state index contributed by atoms with van der Waals surface area (Å²) in [5.74, 6) is 0.375. The van der Waals surface area contributed by atoms with E-state index in [9.17, 15) is 4.79 Å². The summed E-state index contributed by atoms with van der Waals surface area (Å²) in [7, 11) is 3.23. The van der Waals surface area contributed by atoms with Crippen LogP contribution in [0.1, 0.15) is 13.0 Å². The van der Waals surface area contributed by atoms with Crippen molar-refractivity contribution in [1.82, 2.24) is 24.6 Å². The molecule has 0 aliphatic rings. The minimum atomic E-state index is -0.479. The molecule has 0 radical (unpaired) electrons. The number of carbonyl (C=O) groups excluding carboxylic acids is 1. The summed E-state index contributed by atoms with van der Waals surface area (Å²) in [6.07, 6.45) is 5.29. The third kappa shape index (κ3) is 5.09. The molecule has 10 heteroatoms. The van der Waals surface area contributed by atoms with Crippen molar-refractivity contribution in [1.29, 1.82) is 0 Å². The van der Waals surface area contributed by atoms with Crippen LogP contribution in [0.5, 0.6) is 0 Å². The van der Waals surface area contributed by atoms with Gasteiger partial charge in [-0.25, -0.2) is 9.97 Å². The van der Waals surface area contributed by atoms with Gasteiger partial charge in [0.2, 0.25) is 5.91 Å². The lowest BCUT2D eigenvalue weighted by Gasteiger charge is -2.25. The number of nitrogen functional groups attached to an aromatic ring is 1. The normalized spacial score (nSPS) is 12.2. The maximum absolute atomic E-state index is 13.1. The summed E-state index contributed by atoms with van der Waals surface area (Å²) in [5.41, 5.74) is 9.59. The van der Waals surface area contributed by atoms with E-state index >= 15 is 0 Å². The molecule has 9 nitrogen and oxygen atoms in total. The van der Waals surface area contributed by atoms with E-state index in [2.05, 4.69) is 10.1 Å². The van der Waals surface area contributed by atoms with Crippen molar-refractivity contribution in [3.63, 3.8) is 0 Å². The second kappa shape index (κ2) is 10.7. The van der Waals surface area contributed by atoms with Crippen molar-refractivity contribution >= 4 is 33.3 Å². The van der Waals surface area contributed by atoms with Crippen LogP contribution >= 0.6 is 11.3 Å². The number of nitrogens with two attached hydrogens (primary N) is 1. The third-order valence-electron chi connectivity index (χ3n) is 5.57. The topological polar surface area (TPSA) is 108 Å². The molecule has 34 heavy (non-hydrogen) atoms. The predicted molar refractivity (Wildman–Crippen MR) is 134 cm³/mol. The molecule has 0 aliphatic carbocycles. The van der Waals surface area contributed by atoms with Gasteiger partial charge >= 0.3 is 0 Å². The predicted octanol–water partition coefficient (Wildman–Crippen LogP) is 3.49. The summed E-state index contributed by atoms with van der Waals surface area (Å²) in [5, 5.41) is 5.27. The molecule has 178 valence electrons. The highest BCUT2D eigenvalue weighted by molar-refractivity contribution is 7.21. The van der Waals surface area contributed by atoms with E-state index < -0.39 is 6.04 Å². The van der Waals surface area contributed by atoms with Gasteiger partial charge in [-0.1, -0.05) is 12.1 Å². The second-order valence-corrected chi connectivity index (χ2v) is 8.87. The number of thiazole rings is 1. The highest BCUT2D eigenvalue weighted by Gasteiger charge is 2.23. The molecule has 0 fully saturated rings. The minimum Gasteiger partial charge on any atom is -0.383 e. The maximum Gasteiger partial charge on any atom is 0.247 e. The average molecular weight is 481 g/mol. The number of fused-ring (bicyclic) bond motifs is 1. The highest BCUT2D eigenvalue weighted by atomic mass is 32.1. The van der Waals surface area contributed by atoms with Crippen LogP contribution < -0.4 is 5.73 Å². The van der Waals surface area contributed by atoms with E-state index in [1.807, 2.05) is 43.5 Å². The summed E-state index contributed by atoms with van der Waals surface area (Å²) >= 11 is 1.58. The molecule has 0 saturated heterocycles. The van der Waals surface area contributed by atoms with Gasteiger partial charge in [-0.2, -0.15) is 5.10 Å². The van der Waals surface area contributed by atoms with Gasteiger partial charge in [0, 0.05) is 50.8 Å². The van der Waals surface area contributed by atoms with Gasteiger partial charge < -0.3 is 20.1 Å². The standard InChI is InChI=1S/C24H28N6O3S/c1-16(24(31)29(8-10-32-2)9-11-33-3)30-15-18(14-27-30)17-12-19(22(25)26-13-17)23-28-20-6-4-5-7-21(20)34-23/h4-7,12-16H,8-11H2,1-3H3,(H2,25,26). The molecule has 1 amide bonds. The van der Waals surface area contributed by atoms with E-state index in [1.54, 1.807) is 47.5 Å². The number of amides is 1. The Morgan fingerprint density at radius 2 is 1.88 bits per heavy atom. The van der Waals surface area contributed by atoms with Gasteiger partial charge in [0.1, 0.15) is 16.9 Å². The van der Waals surface area contributed by atoms with Gasteiger partial charge in [0.25, 0.3) is 0 Å². The molecular formula is C24H28N6O3S. The molecule has 3 heterocycles. The van der Waals surface area contributed by atoms with Gasteiger partial charge in [-0.15, -0.1) is 11.3 Å². The number of carbonyl (C=O) groups is 1. The first-order valence-corrected chi connectivity index (χ1v) is 11.8. The Morgan fingerprint density at radius 1 is 1.15 bits per heavy atom. The Morgan fingerprint density at radius 3 is 2.59 bits per heavy atom. The monoisotopic (exact) mass is 480 g/mol. The van der Waals surface area contributed by atoms with Crippen LogP contribution in [0, 0.1) is 0 Å². The Balaban J connectivity index is 1.57. The zero-order valence-corrected chi connectivity index (χ0v) is 20.3. The van der Waals surface area contributed by atoms with Crippen molar-refractivity contribution in [2.75, 3.05) is 46.3 Å². The van der Waals surface area contributed by atoms with Crippen LogP contribution in [0.4, 0.5) is 5.82 Å². The van der Waals surface area contributed by atoms with Crippen molar-refractivity contribution in [2.45, 2.75) is 13.0 Å². The lowest BCUT2D eigenvalue weighted by Crippen LogP contribution is -2.40. The SMILES string of the molecule is COCCN(CCOC)C(=O)C(C)n1cc(-c2cnc(N)c(-c3nc4ccccc4s3)c2)cn1. The Hall–Kier alpha value is -3.34. The molecular weight excluding hydrogens is 452 g/mol. The molecule has 0 bridgehead atoms. The Labute approximate surface area is 202 Å². The summed E-state index contributed by atoms with van der Waals surface area (Å²) < 4.78 is 13.1. The van der Waals surface area contributed by atoms with Crippen LogP contribution in [0.15, 0.2) is 48.9 Å². The number of benzene rings is 1.